The number of carbonyl (C=O) groups is 1. The molecule has 8 nitrogen and oxygen atoms in total. The van der Waals surface area contributed by atoms with E-state index >= 15 is 0 Å². The quantitative estimate of drug-likeness (QED) is 0.850. The van der Waals surface area contributed by atoms with Crippen LogP contribution in [0.1, 0.15) is 48.4 Å². The monoisotopic (exact) mass is 397 g/mol. The molecule has 1 unspecified atom stereocenters. The van der Waals surface area contributed by atoms with Crippen molar-refractivity contribution in [3.8, 4) is 0 Å². The summed E-state index contributed by atoms with van der Waals surface area (Å²) in [5, 5.41) is 7.16. The first kappa shape index (κ1) is 19.8. The Hall–Kier alpha value is -2.48. The van der Waals surface area contributed by atoms with Gasteiger partial charge in [0.1, 0.15) is 0 Å². The molecule has 1 amide bonds. The molecule has 1 spiro atoms. The Bertz CT molecular complexity index is 908. The first-order valence-electron chi connectivity index (χ1n) is 10.1. The number of nitrogens with zero attached hydrogens (tertiary/aromatic N) is 6. The van der Waals surface area contributed by atoms with Gasteiger partial charge in [0.25, 0.3) is 5.91 Å². The van der Waals surface area contributed by atoms with E-state index in [0.29, 0.717) is 11.5 Å². The third kappa shape index (κ3) is 3.39. The van der Waals surface area contributed by atoms with Crippen LogP contribution in [-0.4, -0.2) is 83.2 Å². The summed E-state index contributed by atoms with van der Waals surface area (Å²) in [5.74, 6) is 1.09. The summed E-state index contributed by atoms with van der Waals surface area (Å²) >= 11 is 0. The number of carbonyl (C=O) groups excluding carboxylic acids is 1. The van der Waals surface area contributed by atoms with E-state index in [0.717, 1.165) is 43.5 Å². The summed E-state index contributed by atoms with van der Waals surface area (Å²) in [6.45, 7) is 9.69. The highest BCUT2D eigenvalue weighted by molar-refractivity contribution is 5.96. The SMILES string of the molecule is CN1CC(c2ccnc(N(C)C)n2)C2(C1)CN(C(=O)c1cn[nH]c1C(C)(C)C)C2. The topological polar surface area (TPSA) is 81.2 Å². The standard InChI is InChI=1S/C21H31N7O/c1-20(2,3)17-14(9-23-25-17)18(29)28-12-21(13-28)11-27(6)10-15(21)16-7-8-22-19(24-16)26(4)5/h7-9,15H,10-13H2,1-6H3,(H,23,25). The minimum absolute atomic E-state index is 0.0496. The highest BCUT2D eigenvalue weighted by Gasteiger charge is 2.56. The molecule has 2 saturated heterocycles. The van der Waals surface area contributed by atoms with E-state index in [1.165, 1.54) is 0 Å². The summed E-state index contributed by atoms with van der Waals surface area (Å²) in [6, 6.07) is 2.02. The number of likely N-dealkylation sites (tertiary alicyclic amines) is 2. The van der Waals surface area contributed by atoms with Crippen molar-refractivity contribution in [2.45, 2.75) is 32.1 Å². The van der Waals surface area contributed by atoms with Gasteiger partial charge in [0.2, 0.25) is 5.95 Å². The lowest BCUT2D eigenvalue weighted by atomic mass is 9.70. The summed E-state index contributed by atoms with van der Waals surface area (Å²) in [5.41, 5.74) is 2.55. The molecule has 2 aromatic heterocycles. The van der Waals surface area contributed by atoms with Gasteiger partial charge in [0, 0.05) is 63.2 Å². The molecule has 0 radical (unpaired) electrons. The Morgan fingerprint density at radius 3 is 2.66 bits per heavy atom. The number of aromatic amines is 1. The van der Waals surface area contributed by atoms with E-state index in [1.807, 2.05) is 36.2 Å². The van der Waals surface area contributed by atoms with Crippen LogP contribution in [0.15, 0.2) is 18.5 Å². The molecule has 8 heteroatoms. The van der Waals surface area contributed by atoms with Gasteiger partial charge in [0.15, 0.2) is 0 Å². The molecule has 2 aliphatic rings. The van der Waals surface area contributed by atoms with Gasteiger partial charge in [-0.15, -0.1) is 0 Å². The number of aromatic nitrogens is 4. The molecule has 156 valence electrons. The van der Waals surface area contributed by atoms with E-state index in [1.54, 1.807) is 6.20 Å². The number of likely N-dealkylation sites (N-methyl/N-ethyl adjacent to an activating group) is 1. The van der Waals surface area contributed by atoms with Crippen molar-refractivity contribution in [1.82, 2.24) is 30.0 Å². The van der Waals surface area contributed by atoms with E-state index < -0.39 is 0 Å². The number of nitrogens with one attached hydrogen (secondary N) is 1. The van der Waals surface area contributed by atoms with Crippen LogP contribution in [-0.2, 0) is 5.41 Å². The van der Waals surface area contributed by atoms with Crippen molar-refractivity contribution >= 4 is 11.9 Å². The minimum Gasteiger partial charge on any atom is -0.347 e. The van der Waals surface area contributed by atoms with Crippen molar-refractivity contribution in [2.24, 2.45) is 5.41 Å². The predicted molar refractivity (Wildman–Crippen MR) is 112 cm³/mol. The van der Waals surface area contributed by atoms with Crippen LogP contribution >= 0.6 is 0 Å². The fraction of sp³-hybridized carbons (Fsp3) is 0.619. The highest BCUT2D eigenvalue weighted by Crippen LogP contribution is 2.48. The average molecular weight is 398 g/mol. The molecule has 0 saturated carbocycles. The summed E-state index contributed by atoms with van der Waals surface area (Å²) < 4.78 is 0. The summed E-state index contributed by atoms with van der Waals surface area (Å²) in [7, 11) is 6.06. The Kier molecular flexibility index (Phi) is 4.64. The van der Waals surface area contributed by atoms with Crippen LogP contribution < -0.4 is 4.90 Å². The average Bonchev–Trinajstić information content (AvgIpc) is 3.24. The van der Waals surface area contributed by atoms with Gasteiger partial charge in [-0.2, -0.15) is 5.10 Å². The van der Waals surface area contributed by atoms with E-state index in [2.05, 4.69) is 47.9 Å². The second-order valence-electron chi connectivity index (χ2n) is 9.86. The normalized spacial score (nSPS) is 21.4. The minimum atomic E-state index is -0.149. The van der Waals surface area contributed by atoms with Gasteiger partial charge in [-0.05, 0) is 13.1 Å². The number of anilines is 1. The van der Waals surface area contributed by atoms with Crippen molar-refractivity contribution in [3.05, 3.63) is 35.4 Å². The molecule has 1 atom stereocenters. The fourth-order valence-corrected chi connectivity index (χ4v) is 4.76. The maximum absolute atomic E-state index is 13.2. The van der Waals surface area contributed by atoms with Gasteiger partial charge in [-0.3, -0.25) is 9.89 Å². The number of hydrogen-bond donors (Lipinski definition) is 1. The smallest absolute Gasteiger partial charge is 0.257 e. The maximum Gasteiger partial charge on any atom is 0.257 e. The van der Waals surface area contributed by atoms with Crippen molar-refractivity contribution < 1.29 is 4.79 Å². The molecule has 2 fully saturated rings. The van der Waals surface area contributed by atoms with Crippen LogP contribution in [0, 0.1) is 5.41 Å². The molecule has 0 bridgehead atoms. The van der Waals surface area contributed by atoms with Crippen LogP contribution in [0.2, 0.25) is 0 Å². The Labute approximate surface area is 172 Å². The third-order valence-electron chi connectivity index (χ3n) is 6.16. The fourth-order valence-electron chi connectivity index (χ4n) is 4.76. The van der Waals surface area contributed by atoms with Crippen molar-refractivity contribution in [2.75, 3.05) is 52.2 Å². The van der Waals surface area contributed by atoms with Gasteiger partial charge < -0.3 is 14.7 Å². The van der Waals surface area contributed by atoms with E-state index in [9.17, 15) is 4.79 Å². The summed E-state index contributed by atoms with van der Waals surface area (Å²) in [6.07, 6.45) is 3.51. The zero-order valence-corrected chi connectivity index (χ0v) is 18.2. The Morgan fingerprint density at radius 1 is 1.28 bits per heavy atom. The zero-order chi connectivity index (χ0) is 21.0. The molecule has 0 aliphatic carbocycles. The largest absolute Gasteiger partial charge is 0.347 e. The van der Waals surface area contributed by atoms with Crippen LogP contribution in [0.25, 0.3) is 0 Å². The molecule has 1 N–H and O–H groups in total. The number of hydrogen-bond acceptors (Lipinski definition) is 6. The van der Waals surface area contributed by atoms with Crippen LogP contribution in [0.4, 0.5) is 5.95 Å². The third-order valence-corrected chi connectivity index (χ3v) is 6.16. The second kappa shape index (κ2) is 6.79. The Balaban J connectivity index is 1.55. The van der Waals surface area contributed by atoms with E-state index in [-0.39, 0.29) is 16.7 Å². The van der Waals surface area contributed by atoms with Gasteiger partial charge in [-0.1, -0.05) is 20.8 Å². The molecule has 2 aliphatic heterocycles. The zero-order valence-electron chi connectivity index (χ0n) is 18.2. The molecule has 0 aromatic carbocycles. The first-order valence-corrected chi connectivity index (χ1v) is 10.1. The van der Waals surface area contributed by atoms with Gasteiger partial charge >= 0.3 is 0 Å². The van der Waals surface area contributed by atoms with Gasteiger partial charge in [-0.25, -0.2) is 9.97 Å². The van der Waals surface area contributed by atoms with Crippen LogP contribution in [0.5, 0.6) is 0 Å². The van der Waals surface area contributed by atoms with Crippen molar-refractivity contribution in [1.29, 1.82) is 0 Å². The van der Waals surface area contributed by atoms with Crippen LogP contribution in [0.3, 0.4) is 0 Å². The molecule has 29 heavy (non-hydrogen) atoms. The number of rotatable bonds is 3. The van der Waals surface area contributed by atoms with Gasteiger partial charge in [0.05, 0.1) is 23.1 Å². The molecular formula is C21H31N7O. The van der Waals surface area contributed by atoms with Crippen molar-refractivity contribution in [3.63, 3.8) is 0 Å². The number of H-pyrrole nitrogens is 1. The lowest BCUT2D eigenvalue weighted by molar-refractivity contribution is 0.00338. The molecule has 2 aromatic rings. The highest BCUT2D eigenvalue weighted by atomic mass is 16.2. The predicted octanol–water partition coefficient (Wildman–Crippen LogP) is 1.73. The van der Waals surface area contributed by atoms with E-state index in [4.69, 9.17) is 4.98 Å². The lowest BCUT2D eigenvalue weighted by Gasteiger charge is -2.51. The summed E-state index contributed by atoms with van der Waals surface area (Å²) in [4.78, 5) is 28.6. The molecule has 4 rings (SSSR count). The Morgan fingerprint density at radius 2 is 2.00 bits per heavy atom. The molecular weight excluding hydrogens is 366 g/mol. The first-order chi connectivity index (χ1) is 13.6. The second-order valence-corrected chi connectivity index (χ2v) is 9.86. The molecule has 4 heterocycles. The lowest BCUT2D eigenvalue weighted by Crippen LogP contribution is -2.61. The maximum atomic E-state index is 13.2. The number of amides is 1.